The first-order chi connectivity index (χ1) is 11.7. The van der Waals surface area contributed by atoms with Crippen molar-refractivity contribution >= 4 is 101 Å². The zero-order chi connectivity index (χ0) is 19.0. The SMILES string of the molecule is CN(CCOc1c(Cl)cc(Cl)cc1Cl)C(=O)n1ccnc1.[I][V]([I])[I]. The van der Waals surface area contributed by atoms with Gasteiger partial charge in [0.05, 0.1) is 16.6 Å². The van der Waals surface area contributed by atoms with E-state index in [4.69, 9.17) is 39.5 Å². The summed E-state index contributed by atoms with van der Waals surface area (Å²) in [5.74, 6) is 0.353. The van der Waals surface area contributed by atoms with Crippen molar-refractivity contribution in [3.05, 3.63) is 45.9 Å². The summed E-state index contributed by atoms with van der Waals surface area (Å²) in [7, 11) is 1.66. The van der Waals surface area contributed by atoms with E-state index in [0.717, 1.165) is 0 Å². The first-order valence-electron chi connectivity index (χ1n) is 6.50. The van der Waals surface area contributed by atoms with Crippen molar-refractivity contribution in [2.24, 2.45) is 0 Å². The van der Waals surface area contributed by atoms with Crippen molar-refractivity contribution in [2.75, 3.05) is 20.2 Å². The predicted octanol–water partition coefficient (Wildman–Crippen LogP) is 6.48. The van der Waals surface area contributed by atoms with E-state index in [1.807, 2.05) is 0 Å². The number of nitrogens with zero attached hydrogens (tertiary/aromatic N) is 3. The van der Waals surface area contributed by atoms with E-state index in [-0.39, 0.29) is 17.6 Å². The summed E-state index contributed by atoms with van der Waals surface area (Å²) >= 11 is 25.2. The van der Waals surface area contributed by atoms with Gasteiger partial charge in [0.15, 0.2) is 5.75 Å². The van der Waals surface area contributed by atoms with E-state index < -0.39 is 0 Å². The number of carbonyl (C=O) groups excluding carboxylic acids is 1. The second-order valence-corrected chi connectivity index (χ2v) is 41.0. The van der Waals surface area contributed by atoms with E-state index in [9.17, 15) is 4.79 Å². The first kappa shape index (κ1) is 24.4. The van der Waals surface area contributed by atoms with Crippen LogP contribution in [-0.4, -0.2) is 40.7 Å². The number of imidazole rings is 1. The Morgan fingerprint density at radius 2 is 1.84 bits per heavy atom. The molecule has 0 atom stereocenters. The molecule has 0 aliphatic rings. The van der Waals surface area contributed by atoms with Crippen molar-refractivity contribution in [3.63, 3.8) is 0 Å². The van der Waals surface area contributed by atoms with Crippen molar-refractivity contribution < 1.29 is 14.5 Å². The number of benzene rings is 1. The molecule has 1 amide bonds. The van der Waals surface area contributed by atoms with Crippen LogP contribution < -0.4 is 4.74 Å². The third-order valence-corrected chi connectivity index (χ3v) is 3.47. The molecule has 0 spiro atoms. The summed E-state index contributed by atoms with van der Waals surface area (Å²) in [6.45, 7) is 0.615. The van der Waals surface area contributed by atoms with Crippen LogP contribution in [0, 0.1) is 0 Å². The van der Waals surface area contributed by atoms with Crippen molar-refractivity contribution in [3.8, 4) is 5.75 Å². The number of rotatable bonds is 4. The summed E-state index contributed by atoms with van der Waals surface area (Å²) in [4.78, 5) is 17.0. The number of halogens is 6. The molecule has 0 aliphatic heterocycles. The summed E-state index contributed by atoms with van der Waals surface area (Å²) in [5.41, 5.74) is 0. The fourth-order valence-corrected chi connectivity index (χ4v) is 2.54. The van der Waals surface area contributed by atoms with Gasteiger partial charge in [-0.3, -0.25) is 4.57 Å². The number of hydrogen-bond donors (Lipinski definition) is 0. The summed E-state index contributed by atoms with van der Waals surface area (Å²) < 4.78 is 6.90. The summed E-state index contributed by atoms with van der Waals surface area (Å²) in [6.07, 6.45) is 4.55. The van der Waals surface area contributed by atoms with Gasteiger partial charge >= 0.3 is 70.9 Å². The third kappa shape index (κ3) is 9.39. The van der Waals surface area contributed by atoms with Crippen LogP contribution >= 0.6 is 94.7 Å². The molecule has 0 saturated heterocycles. The topological polar surface area (TPSA) is 47.4 Å². The van der Waals surface area contributed by atoms with Crippen LogP contribution in [0.1, 0.15) is 0 Å². The molecular formula is C13H12Cl3I3N3O2V. The maximum atomic E-state index is 12.0. The van der Waals surface area contributed by atoms with Crippen LogP contribution in [0.3, 0.4) is 0 Å². The zero-order valence-electron chi connectivity index (χ0n) is 12.7. The number of amides is 1. The Morgan fingerprint density at radius 3 is 2.32 bits per heavy atom. The number of hydrogen-bond acceptors (Lipinski definition) is 3. The van der Waals surface area contributed by atoms with Crippen molar-refractivity contribution in [2.45, 2.75) is 0 Å². The Labute approximate surface area is 198 Å². The van der Waals surface area contributed by atoms with Crippen molar-refractivity contribution in [1.29, 1.82) is 0 Å². The molecule has 0 radical (unpaired) electrons. The molecule has 12 heteroatoms. The molecule has 0 fully saturated rings. The molecule has 1 heterocycles. The minimum atomic E-state index is -0.278. The molecule has 0 saturated carbocycles. The van der Waals surface area contributed by atoms with Gasteiger partial charge in [0.2, 0.25) is 0 Å². The fraction of sp³-hybridized carbons (Fsp3) is 0.231. The van der Waals surface area contributed by atoms with E-state index in [2.05, 4.69) is 64.9 Å². The predicted molar refractivity (Wildman–Crippen MR) is 125 cm³/mol. The minimum absolute atomic E-state index is 0.204. The molecule has 0 aliphatic carbocycles. The second kappa shape index (κ2) is 12.7. The standard InChI is InChI=1S/C13H12Cl3N3O2.3HI.V/c1-18(13(20)19-3-2-17-8-19)4-5-21-12-10(15)6-9(14)7-11(12)16;;;;/h2-3,6-8H,4-5H2,1H3;3*1H;/q;;;;+3/p-3. The van der Waals surface area contributed by atoms with Gasteiger partial charge in [-0.1, -0.05) is 34.8 Å². The molecule has 25 heavy (non-hydrogen) atoms. The van der Waals surface area contributed by atoms with Crippen LogP contribution in [0.4, 0.5) is 4.79 Å². The quantitative estimate of drug-likeness (QED) is 0.335. The van der Waals surface area contributed by atoms with Crippen molar-refractivity contribution in [1.82, 2.24) is 14.5 Å². The molecule has 0 N–H and O–H groups in total. The van der Waals surface area contributed by atoms with Gasteiger partial charge in [-0.2, -0.15) is 0 Å². The molecule has 2 rings (SSSR count). The Kier molecular flexibility index (Phi) is 12.4. The number of aromatic nitrogens is 2. The average Bonchev–Trinajstić information content (AvgIpc) is 3.02. The Balaban J connectivity index is 0.000000705. The van der Waals surface area contributed by atoms with Crippen LogP contribution in [0.5, 0.6) is 5.75 Å². The van der Waals surface area contributed by atoms with Crippen LogP contribution in [0.2, 0.25) is 15.1 Å². The molecule has 0 unspecified atom stereocenters. The molecule has 138 valence electrons. The van der Waals surface area contributed by atoms with Gasteiger partial charge in [0.1, 0.15) is 12.9 Å². The molecule has 0 bridgehead atoms. The van der Waals surface area contributed by atoms with E-state index in [1.54, 1.807) is 25.4 Å². The van der Waals surface area contributed by atoms with Gasteiger partial charge in [0.25, 0.3) is 0 Å². The van der Waals surface area contributed by atoms with Gasteiger partial charge in [-0.25, -0.2) is 9.78 Å². The van der Waals surface area contributed by atoms with E-state index in [0.29, 0.717) is 27.4 Å². The van der Waals surface area contributed by atoms with E-state index in [1.165, 1.54) is 22.0 Å². The van der Waals surface area contributed by atoms with Gasteiger partial charge < -0.3 is 9.64 Å². The molecule has 2 aromatic rings. The third-order valence-electron chi connectivity index (χ3n) is 2.69. The molecular weight excluding hydrogens is 768 g/mol. The summed E-state index contributed by atoms with van der Waals surface area (Å²) in [5, 5.41) is 1.09. The van der Waals surface area contributed by atoms with Crippen LogP contribution in [0.25, 0.3) is 0 Å². The zero-order valence-corrected chi connectivity index (χ0v) is 22.8. The van der Waals surface area contributed by atoms with Gasteiger partial charge in [-0.15, -0.1) is 0 Å². The number of ether oxygens (including phenoxy) is 1. The fourth-order valence-electron chi connectivity index (χ4n) is 1.62. The van der Waals surface area contributed by atoms with Gasteiger partial charge in [0, 0.05) is 24.5 Å². The normalized spacial score (nSPS) is 10.2. The second-order valence-electron chi connectivity index (χ2n) is 4.41. The molecule has 5 nitrogen and oxygen atoms in total. The number of likely N-dealkylation sites (N-methyl/N-ethyl adjacent to an activating group) is 1. The first-order valence-corrected chi connectivity index (χ1v) is 21.2. The molecule has 1 aromatic carbocycles. The Bertz CT molecular complexity index is 667. The Morgan fingerprint density at radius 1 is 1.28 bits per heavy atom. The summed E-state index contributed by atoms with van der Waals surface area (Å²) in [6, 6.07) is 2.89. The van der Waals surface area contributed by atoms with Crippen LogP contribution in [0.15, 0.2) is 30.9 Å². The number of carbonyl (C=O) groups is 1. The Hall–Kier alpha value is 1.34. The van der Waals surface area contributed by atoms with Gasteiger partial charge in [-0.05, 0) is 12.1 Å². The van der Waals surface area contributed by atoms with Crippen LogP contribution in [-0.2, 0) is 4.92 Å². The van der Waals surface area contributed by atoms with E-state index >= 15 is 0 Å². The average molecular weight is 780 g/mol. The maximum absolute atomic E-state index is 12.0. The molecule has 1 aromatic heterocycles. The monoisotopic (exact) mass is 779 g/mol.